The van der Waals surface area contributed by atoms with Crippen LogP contribution in [0.25, 0.3) is 11.1 Å². The zero-order chi connectivity index (χ0) is 14.9. The molecule has 2 heterocycles. The first kappa shape index (κ1) is 14.0. The van der Waals surface area contributed by atoms with Gasteiger partial charge in [-0.1, -0.05) is 6.92 Å². The number of hydrogen-bond donors (Lipinski definition) is 1. The Bertz CT molecular complexity index is 662. The van der Waals surface area contributed by atoms with Crippen molar-refractivity contribution in [1.82, 2.24) is 9.88 Å². The monoisotopic (exact) mass is 276 g/mol. The molecule has 0 spiro atoms. The smallest absolute Gasteiger partial charge is 0.308 e. The summed E-state index contributed by atoms with van der Waals surface area (Å²) in [6.45, 7) is 3.53. The molecule has 2 rings (SSSR count). The van der Waals surface area contributed by atoms with Crippen LogP contribution < -0.4 is 0 Å². The number of hydrogen-bond acceptors (Lipinski definition) is 4. The third-order valence-electron chi connectivity index (χ3n) is 3.04. The third kappa shape index (κ3) is 2.79. The van der Waals surface area contributed by atoms with Crippen LogP contribution in [0, 0.1) is 12.8 Å². The Morgan fingerprint density at radius 3 is 2.80 bits per heavy atom. The van der Waals surface area contributed by atoms with Crippen molar-refractivity contribution in [2.75, 3.05) is 13.6 Å². The van der Waals surface area contributed by atoms with E-state index in [9.17, 15) is 9.59 Å². The highest BCUT2D eigenvalue weighted by atomic mass is 16.4. The minimum atomic E-state index is -0.938. The number of carboxylic acid groups (broad SMARTS) is 1. The molecule has 2 aromatic rings. The molecule has 106 valence electrons. The molecule has 0 bridgehead atoms. The third-order valence-corrected chi connectivity index (χ3v) is 3.04. The molecule has 0 aliphatic carbocycles. The van der Waals surface area contributed by atoms with E-state index in [1.165, 1.54) is 4.90 Å². The lowest BCUT2D eigenvalue weighted by Gasteiger charge is -2.17. The zero-order valence-electron chi connectivity index (χ0n) is 11.6. The number of fused-ring (bicyclic) bond motifs is 1. The molecule has 0 aliphatic rings. The molecular weight excluding hydrogens is 260 g/mol. The first-order valence-electron chi connectivity index (χ1n) is 6.24. The fraction of sp³-hybridized carbons (Fsp3) is 0.357. The molecule has 0 saturated heterocycles. The highest BCUT2D eigenvalue weighted by molar-refractivity contribution is 5.95. The van der Waals surface area contributed by atoms with Crippen LogP contribution in [0.15, 0.2) is 22.6 Å². The second-order valence-electron chi connectivity index (χ2n) is 4.87. The predicted octanol–water partition coefficient (Wildman–Crippen LogP) is 1.93. The van der Waals surface area contributed by atoms with Gasteiger partial charge in [0.05, 0.1) is 5.92 Å². The summed E-state index contributed by atoms with van der Waals surface area (Å²) in [4.78, 5) is 28.6. The van der Waals surface area contributed by atoms with E-state index in [1.807, 2.05) is 6.92 Å². The van der Waals surface area contributed by atoms with Gasteiger partial charge in [-0.15, -0.1) is 0 Å². The molecule has 0 aromatic carbocycles. The summed E-state index contributed by atoms with van der Waals surface area (Å²) in [6.07, 6.45) is 0. The van der Waals surface area contributed by atoms with Crippen molar-refractivity contribution in [2.24, 2.45) is 5.92 Å². The molecular formula is C14H16N2O4. The van der Waals surface area contributed by atoms with Crippen LogP contribution in [-0.2, 0) is 4.79 Å². The topological polar surface area (TPSA) is 83.6 Å². The summed E-state index contributed by atoms with van der Waals surface area (Å²) in [5, 5.41) is 8.86. The minimum absolute atomic E-state index is 0.123. The first-order valence-corrected chi connectivity index (χ1v) is 6.24. The van der Waals surface area contributed by atoms with Gasteiger partial charge in [0.1, 0.15) is 5.52 Å². The molecule has 6 nitrogen and oxygen atoms in total. The number of carboxylic acids is 1. The summed E-state index contributed by atoms with van der Waals surface area (Å²) in [5.41, 5.74) is 2.00. The van der Waals surface area contributed by atoms with Crippen LogP contribution in [-0.4, -0.2) is 40.5 Å². The maximum atomic E-state index is 12.2. The molecule has 0 aliphatic heterocycles. The standard InChI is InChI=1S/C14H16N2O4/c1-8(14(18)19)7-16(3)13(17)12-6-10-11(20-12)5-4-9(2)15-10/h4-6,8H,7H2,1-3H3,(H,18,19). The Kier molecular flexibility index (Phi) is 3.74. The van der Waals surface area contributed by atoms with Crippen LogP contribution in [0.4, 0.5) is 0 Å². The van der Waals surface area contributed by atoms with E-state index in [0.717, 1.165) is 5.69 Å². The maximum absolute atomic E-state index is 12.2. The van der Waals surface area contributed by atoms with E-state index in [2.05, 4.69) is 4.98 Å². The highest BCUT2D eigenvalue weighted by Gasteiger charge is 2.21. The Labute approximate surface area is 116 Å². The number of amides is 1. The Balaban J connectivity index is 2.20. The lowest BCUT2D eigenvalue weighted by molar-refractivity contribution is -0.141. The van der Waals surface area contributed by atoms with Gasteiger partial charge in [-0.3, -0.25) is 9.59 Å². The molecule has 6 heteroatoms. The predicted molar refractivity (Wildman–Crippen MR) is 72.5 cm³/mol. The van der Waals surface area contributed by atoms with E-state index in [4.69, 9.17) is 9.52 Å². The summed E-state index contributed by atoms with van der Waals surface area (Å²) >= 11 is 0. The van der Waals surface area contributed by atoms with Crippen LogP contribution in [0.1, 0.15) is 23.2 Å². The van der Waals surface area contributed by atoms with Gasteiger partial charge in [-0.25, -0.2) is 4.98 Å². The van der Waals surface area contributed by atoms with Gasteiger partial charge >= 0.3 is 5.97 Å². The van der Waals surface area contributed by atoms with Crippen molar-refractivity contribution in [3.8, 4) is 0 Å². The van der Waals surface area contributed by atoms with Gasteiger partial charge in [-0.2, -0.15) is 0 Å². The number of rotatable bonds is 4. The number of pyridine rings is 1. The van der Waals surface area contributed by atoms with E-state index in [1.54, 1.807) is 32.2 Å². The number of furan rings is 1. The molecule has 1 N–H and O–H groups in total. The summed E-state index contributed by atoms with van der Waals surface area (Å²) in [6, 6.07) is 5.14. The maximum Gasteiger partial charge on any atom is 0.308 e. The molecule has 1 amide bonds. The molecule has 0 saturated carbocycles. The van der Waals surface area contributed by atoms with Crippen LogP contribution in [0.5, 0.6) is 0 Å². The molecule has 0 fully saturated rings. The zero-order valence-corrected chi connectivity index (χ0v) is 11.6. The van der Waals surface area contributed by atoms with Crippen molar-refractivity contribution >= 4 is 23.0 Å². The normalized spacial score (nSPS) is 12.3. The highest BCUT2D eigenvalue weighted by Crippen LogP contribution is 2.19. The van der Waals surface area contributed by atoms with Crippen molar-refractivity contribution in [3.05, 3.63) is 29.7 Å². The molecule has 2 aromatic heterocycles. The number of nitrogens with zero attached hydrogens (tertiary/aromatic N) is 2. The van der Waals surface area contributed by atoms with Gasteiger partial charge < -0.3 is 14.4 Å². The Morgan fingerprint density at radius 1 is 1.45 bits per heavy atom. The number of aromatic nitrogens is 1. The van der Waals surface area contributed by atoms with Crippen molar-refractivity contribution in [2.45, 2.75) is 13.8 Å². The number of aryl methyl sites for hydroxylation is 1. The largest absolute Gasteiger partial charge is 0.481 e. The van der Waals surface area contributed by atoms with Gasteiger partial charge in [0.25, 0.3) is 5.91 Å². The first-order chi connectivity index (χ1) is 9.38. The summed E-state index contributed by atoms with van der Waals surface area (Å²) < 4.78 is 5.45. The van der Waals surface area contributed by atoms with Crippen LogP contribution >= 0.6 is 0 Å². The Morgan fingerprint density at radius 2 is 2.15 bits per heavy atom. The lowest BCUT2D eigenvalue weighted by Crippen LogP contribution is -2.33. The average molecular weight is 276 g/mol. The van der Waals surface area contributed by atoms with Gasteiger partial charge in [0.2, 0.25) is 0 Å². The van der Waals surface area contributed by atoms with E-state index in [-0.39, 0.29) is 18.2 Å². The SMILES string of the molecule is Cc1ccc2oc(C(=O)N(C)CC(C)C(=O)O)cc2n1. The van der Waals surface area contributed by atoms with Crippen molar-refractivity contribution in [3.63, 3.8) is 0 Å². The minimum Gasteiger partial charge on any atom is -0.481 e. The van der Waals surface area contributed by atoms with Gasteiger partial charge in [0.15, 0.2) is 11.3 Å². The van der Waals surface area contributed by atoms with E-state index < -0.39 is 11.9 Å². The van der Waals surface area contributed by atoms with Crippen molar-refractivity contribution in [1.29, 1.82) is 0 Å². The fourth-order valence-corrected chi connectivity index (χ4v) is 1.89. The molecule has 1 atom stereocenters. The van der Waals surface area contributed by atoms with E-state index in [0.29, 0.717) is 11.1 Å². The van der Waals surface area contributed by atoms with Crippen LogP contribution in [0.2, 0.25) is 0 Å². The quantitative estimate of drug-likeness (QED) is 0.922. The number of carbonyl (C=O) groups excluding carboxylic acids is 1. The van der Waals surface area contributed by atoms with E-state index >= 15 is 0 Å². The second-order valence-corrected chi connectivity index (χ2v) is 4.87. The number of aliphatic carboxylic acids is 1. The summed E-state index contributed by atoms with van der Waals surface area (Å²) in [5.74, 6) is -1.76. The lowest BCUT2D eigenvalue weighted by atomic mass is 10.2. The average Bonchev–Trinajstić information content (AvgIpc) is 2.80. The Hall–Kier alpha value is -2.37. The second kappa shape index (κ2) is 5.32. The number of carbonyl (C=O) groups is 2. The summed E-state index contributed by atoms with van der Waals surface area (Å²) in [7, 11) is 1.55. The molecule has 0 radical (unpaired) electrons. The molecule has 1 unspecified atom stereocenters. The van der Waals surface area contributed by atoms with Crippen molar-refractivity contribution < 1.29 is 19.1 Å². The van der Waals surface area contributed by atoms with Gasteiger partial charge in [0, 0.05) is 25.4 Å². The molecule has 20 heavy (non-hydrogen) atoms. The van der Waals surface area contributed by atoms with Gasteiger partial charge in [-0.05, 0) is 19.1 Å². The van der Waals surface area contributed by atoms with Crippen LogP contribution in [0.3, 0.4) is 0 Å². The fourth-order valence-electron chi connectivity index (χ4n) is 1.89.